The smallest absolute Gasteiger partial charge is 0.339 e. The van der Waals surface area contributed by atoms with Crippen LogP contribution in [-0.2, 0) is 4.74 Å². The Kier molecular flexibility index (Phi) is 6.35. The van der Waals surface area contributed by atoms with Crippen LogP contribution in [0.2, 0.25) is 10.0 Å². The van der Waals surface area contributed by atoms with E-state index < -0.39 is 5.97 Å². The predicted molar refractivity (Wildman–Crippen MR) is 130 cm³/mol. The second kappa shape index (κ2) is 9.19. The van der Waals surface area contributed by atoms with Crippen molar-refractivity contribution in [3.63, 3.8) is 0 Å². The zero-order valence-corrected chi connectivity index (χ0v) is 19.4. The second-order valence-electron chi connectivity index (χ2n) is 7.28. The Morgan fingerprint density at radius 3 is 2.16 bits per heavy atom. The Bertz CT molecular complexity index is 1300. The number of fused-ring (bicyclic) bond motifs is 1. The third kappa shape index (κ3) is 4.04. The number of rotatable bonds is 5. The maximum atomic E-state index is 13.3. The van der Waals surface area contributed by atoms with Gasteiger partial charge in [0.2, 0.25) is 0 Å². The lowest BCUT2D eigenvalue weighted by molar-refractivity contribution is 0.0529. The molecule has 0 bridgehead atoms. The molecule has 0 saturated heterocycles. The molecule has 0 fully saturated rings. The van der Waals surface area contributed by atoms with Crippen molar-refractivity contribution in [3.8, 4) is 28.1 Å². The topological polar surface area (TPSA) is 48.4 Å². The Morgan fingerprint density at radius 2 is 1.53 bits per heavy atom. The van der Waals surface area contributed by atoms with Crippen LogP contribution in [0.25, 0.3) is 33.3 Å². The van der Waals surface area contributed by atoms with Crippen LogP contribution in [-0.4, -0.2) is 24.7 Å². The zero-order chi connectivity index (χ0) is 22.8. The van der Waals surface area contributed by atoms with Crippen molar-refractivity contribution < 1.29 is 14.3 Å². The molecule has 6 heteroatoms. The van der Waals surface area contributed by atoms with E-state index >= 15 is 0 Å². The molecule has 0 N–H and O–H groups in total. The molecule has 0 radical (unpaired) electrons. The van der Waals surface area contributed by atoms with Crippen molar-refractivity contribution in [1.82, 2.24) is 4.98 Å². The first kappa shape index (κ1) is 22.1. The number of hydrogen-bond donors (Lipinski definition) is 0. The van der Waals surface area contributed by atoms with Crippen molar-refractivity contribution >= 4 is 40.1 Å². The molecule has 0 amide bonds. The average Bonchev–Trinajstić information content (AvgIpc) is 2.81. The number of aryl methyl sites for hydroxylation is 1. The summed E-state index contributed by atoms with van der Waals surface area (Å²) >= 11 is 13.1. The van der Waals surface area contributed by atoms with E-state index in [9.17, 15) is 4.79 Å². The van der Waals surface area contributed by atoms with Crippen molar-refractivity contribution in [3.05, 3.63) is 81.8 Å². The summed E-state index contributed by atoms with van der Waals surface area (Å²) in [6.45, 7) is 4.01. The highest BCUT2D eigenvalue weighted by molar-refractivity contribution is 6.41. The monoisotopic (exact) mass is 465 g/mol. The number of carbonyl (C=O) groups excluding carboxylic acids is 1. The lowest BCUT2D eigenvalue weighted by Crippen LogP contribution is -2.10. The van der Waals surface area contributed by atoms with E-state index in [2.05, 4.69) is 0 Å². The highest BCUT2D eigenvalue weighted by Crippen LogP contribution is 2.42. The van der Waals surface area contributed by atoms with Crippen molar-refractivity contribution in [1.29, 1.82) is 0 Å². The van der Waals surface area contributed by atoms with Gasteiger partial charge < -0.3 is 9.47 Å². The van der Waals surface area contributed by atoms with Gasteiger partial charge in [0, 0.05) is 16.5 Å². The van der Waals surface area contributed by atoms with E-state index in [1.165, 1.54) is 0 Å². The minimum atomic E-state index is -0.483. The molecule has 162 valence electrons. The fourth-order valence-electron chi connectivity index (χ4n) is 3.67. The quantitative estimate of drug-likeness (QED) is 0.288. The van der Waals surface area contributed by atoms with Gasteiger partial charge in [-0.25, -0.2) is 9.78 Å². The number of aromatic nitrogens is 1. The minimum absolute atomic E-state index is 0.225. The third-order valence-electron chi connectivity index (χ3n) is 5.22. The lowest BCUT2D eigenvalue weighted by atomic mass is 9.91. The highest BCUT2D eigenvalue weighted by atomic mass is 35.5. The number of ether oxygens (including phenoxy) is 2. The largest absolute Gasteiger partial charge is 0.497 e. The maximum Gasteiger partial charge on any atom is 0.339 e. The summed E-state index contributed by atoms with van der Waals surface area (Å²) in [6.07, 6.45) is 0. The maximum absolute atomic E-state index is 13.3. The zero-order valence-electron chi connectivity index (χ0n) is 17.9. The van der Waals surface area contributed by atoms with Crippen LogP contribution in [0.5, 0.6) is 5.75 Å². The Morgan fingerprint density at radius 1 is 0.906 bits per heavy atom. The number of benzene rings is 3. The molecule has 0 aliphatic heterocycles. The van der Waals surface area contributed by atoms with Crippen LogP contribution < -0.4 is 4.74 Å². The summed E-state index contributed by atoms with van der Waals surface area (Å²) in [6, 6.07) is 18.8. The molecular formula is C26H21Cl2NO3. The number of carbonyl (C=O) groups is 1. The van der Waals surface area contributed by atoms with Gasteiger partial charge in [-0.1, -0.05) is 65.2 Å². The SMILES string of the molecule is CCOC(=O)c1c(-c2ccc(OC)cc2)c(-c2ccc(C)cc2)nc2c(Cl)ccc(Cl)c12. The molecule has 0 atom stereocenters. The fraction of sp³-hybridized carbons (Fsp3) is 0.154. The van der Waals surface area contributed by atoms with Gasteiger partial charge in [-0.15, -0.1) is 0 Å². The van der Waals surface area contributed by atoms with Gasteiger partial charge in [-0.3, -0.25) is 0 Å². The van der Waals surface area contributed by atoms with Crippen LogP contribution in [0.1, 0.15) is 22.8 Å². The lowest BCUT2D eigenvalue weighted by Gasteiger charge is -2.18. The number of methoxy groups -OCH3 is 1. The molecule has 32 heavy (non-hydrogen) atoms. The molecule has 0 spiro atoms. The van der Waals surface area contributed by atoms with E-state index in [4.69, 9.17) is 37.7 Å². The van der Waals surface area contributed by atoms with E-state index in [0.717, 1.165) is 16.7 Å². The van der Waals surface area contributed by atoms with Gasteiger partial charge in [-0.05, 0) is 43.7 Å². The molecule has 4 aromatic rings. The highest BCUT2D eigenvalue weighted by Gasteiger charge is 2.26. The number of pyridine rings is 1. The van der Waals surface area contributed by atoms with E-state index in [0.29, 0.717) is 43.5 Å². The van der Waals surface area contributed by atoms with Gasteiger partial charge >= 0.3 is 5.97 Å². The molecule has 3 aromatic carbocycles. The molecule has 0 aliphatic rings. The van der Waals surface area contributed by atoms with E-state index in [1.807, 2.05) is 55.5 Å². The van der Waals surface area contributed by atoms with E-state index in [1.54, 1.807) is 26.2 Å². The molecule has 0 saturated carbocycles. The van der Waals surface area contributed by atoms with Crippen LogP contribution in [0.4, 0.5) is 0 Å². The van der Waals surface area contributed by atoms with Crippen molar-refractivity contribution in [2.45, 2.75) is 13.8 Å². The minimum Gasteiger partial charge on any atom is -0.497 e. The molecule has 1 aromatic heterocycles. The molecule has 0 unspecified atom stereocenters. The Labute approximate surface area is 196 Å². The number of hydrogen-bond acceptors (Lipinski definition) is 4. The number of halogens is 2. The van der Waals surface area contributed by atoms with Crippen molar-refractivity contribution in [2.24, 2.45) is 0 Å². The van der Waals surface area contributed by atoms with Gasteiger partial charge in [0.1, 0.15) is 5.75 Å². The number of nitrogens with zero attached hydrogens (tertiary/aromatic N) is 1. The average molecular weight is 466 g/mol. The van der Waals surface area contributed by atoms with Crippen LogP contribution in [0.15, 0.2) is 60.7 Å². The Hall–Kier alpha value is -3.08. The summed E-state index contributed by atoms with van der Waals surface area (Å²) < 4.78 is 10.8. The first-order valence-corrected chi connectivity index (χ1v) is 10.9. The summed E-state index contributed by atoms with van der Waals surface area (Å²) in [5.74, 6) is 0.224. The molecule has 1 heterocycles. The molecular weight excluding hydrogens is 445 g/mol. The molecule has 0 aliphatic carbocycles. The van der Waals surface area contributed by atoms with Gasteiger partial charge in [0.05, 0.1) is 40.5 Å². The second-order valence-corrected chi connectivity index (χ2v) is 8.09. The Balaban J connectivity index is 2.17. The molecule has 4 rings (SSSR count). The summed E-state index contributed by atoms with van der Waals surface area (Å²) in [5.41, 5.74) is 4.80. The van der Waals surface area contributed by atoms with Crippen LogP contribution >= 0.6 is 23.2 Å². The standard InChI is InChI=1S/C26H21Cl2NO3/c1-4-32-26(30)23-21(16-9-11-18(31-3)12-10-16)24(17-7-5-15(2)6-8-17)29-25-20(28)14-13-19(27)22(23)25/h5-14H,4H2,1-3H3. The van der Waals surface area contributed by atoms with Crippen LogP contribution in [0, 0.1) is 6.92 Å². The number of esters is 1. The first-order chi connectivity index (χ1) is 15.4. The van der Waals surface area contributed by atoms with Crippen molar-refractivity contribution in [2.75, 3.05) is 13.7 Å². The molecule has 4 nitrogen and oxygen atoms in total. The summed E-state index contributed by atoms with van der Waals surface area (Å²) in [5, 5.41) is 1.26. The summed E-state index contributed by atoms with van der Waals surface area (Å²) in [7, 11) is 1.61. The van der Waals surface area contributed by atoms with Gasteiger partial charge in [-0.2, -0.15) is 0 Å². The third-order valence-corrected chi connectivity index (χ3v) is 5.84. The summed E-state index contributed by atoms with van der Waals surface area (Å²) in [4.78, 5) is 18.2. The predicted octanol–water partition coefficient (Wildman–Crippen LogP) is 7.37. The first-order valence-electron chi connectivity index (χ1n) is 10.1. The normalized spacial score (nSPS) is 10.9. The van der Waals surface area contributed by atoms with Gasteiger partial charge in [0.25, 0.3) is 0 Å². The van der Waals surface area contributed by atoms with Crippen LogP contribution in [0.3, 0.4) is 0 Å². The van der Waals surface area contributed by atoms with E-state index in [-0.39, 0.29) is 6.61 Å². The van der Waals surface area contributed by atoms with Gasteiger partial charge in [0.15, 0.2) is 0 Å². The fourth-order valence-corrected chi connectivity index (χ4v) is 4.11.